The van der Waals surface area contributed by atoms with Crippen LogP contribution in [0.4, 0.5) is 0 Å². The van der Waals surface area contributed by atoms with Gasteiger partial charge in [0.1, 0.15) is 17.2 Å². The highest BCUT2D eigenvalue weighted by atomic mass is 16.6. The topological polar surface area (TPSA) is 102 Å². The zero-order valence-corrected chi connectivity index (χ0v) is 18.9. The Hall–Kier alpha value is -1.27. The molecule has 0 heterocycles. The third-order valence-corrected chi connectivity index (χ3v) is 9.37. The van der Waals surface area contributed by atoms with E-state index in [1.165, 1.54) is 0 Å². The number of rotatable bonds is 4. The number of carbonyl (C=O) groups excluding carboxylic acids is 2. The monoisotopic (exact) mass is 418 g/mol. The summed E-state index contributed by atoms with van der Waals surface area (Å²) in [6, 6.07) is 0. The molecule has 0 aromatic carbocycles. The molecule has 4 aliphatic rings. The molecule has 6 nitrogen and oxygen atoms in total. The maximum atomic E-state index is 13.7. The van der Waals surface area contributed by atoms with Gasteiger partial charge in [0.05, 0.1) is 12.3 Å². The molecule has 30 heavy (non-hydrogen) atoms. The van der Waals surface area contributed by atoms with Gasteiger partial charge in [0, 0.05) is 30.2 Å². The number of hydrogen-bond donors (Lipinski definition) is 2. The summed E-state index contributed by atoms with van der Waals surface area (Å²) in [5, 5.41) is 14.7. The Morgan fingerprint density at radius 2 is 1.87 bits per heavy atom. The largest absolute Gasteiger partial charge is 0.396 e. The van der Waals surface area contributed by atoms with Crippen molar-refractivity contribution < 1.29 is 19.5 Å². The van der Waals surface area contributed by atoms with E-state index < -0.39 is 5.60 Å². The molecule has 0 saturated heterocycles. The summed E-state index contributed by atoms with van der Waals surface area (Å²) in [7, 11) is 0. The Bertz CT molecular complexity index is 762. The van der Waals surface area contributed by atoms with Gasteiger partial charge in [-0.05, 0) is 75.5 Å². The summed E-state index contributed by atoms with van der Waals surface area (Å²) < 4.78 is 0. The third kappa shape index (κ3) is 3.17. The smallest absolute Gasteiger partial charge is 0.144 e. The van der Waals surface area contributed by atoms with E-state index in [0.717, 1.165) is 37.8 Å². The molecule has 0 amide bonds. The lowest BCUT2D eigenvalue weighted by Gasteiger charge is -2.60. The van der Waals surface area contributed by atoms with Crippen molar-refractivity contribution in [1.29, 1.82) is 0 Å². The molecule has 0 aromatic heterocycles. The number of aliphatic hydroxyl groups excluding tert-OH is 1. The predicted molar refractivity (Wildman–Crippen MR) is 115 cm³/mol. The molecular formula is C24H38N2O4. The number of Topliss-reactive ketones (excluding diaryl/α,β-unsaturated/α-hetero) is 2. The van der Waals surface area contributed by atoms with Gasteiger partial charge in [-0.1, -0.05) is 19.0 Å². The molecule has 6 heteroatoms. The number of hydrogen-bond acceptors (Lipinski definition) is 6. The second-order valence-corrected chi connectivity index (χ2v) is 11.4. The van der Waals surface area contributed by atoms with Gasteiger partial charge in [-0.2, -0.15) is 0 Å². The molecule has 3 N–H and O–H groups in total. The average molecular weight is 419 g/mol. The van der Waals surface area contributed by atoms with Crippen LogP contribution in [0.2, 0.25) is 0 Å². The molecule has 0 bridgehead atoms. The Kier molecular flexibility index (Phi) is 5.42. The number of fused-ring (bicyclic) bond motifs is 5. The molecule has 4 fully saturated rings. The van der Waals surface area contributed by atoms with Crippen LogP contribution in [0, 0.1) is 40.4 Å². The molecule has 168 valence electrons. The number of oxime groups is 1. The maximum absolute atomic E-state index is 13.7. The molecule has 4 saturated carbocycles. The fraction of sp³-hybridized carbons (Fsp3) is 0.875. The van der Waals surface area contributed by atoms with E-state index in [1.54, 1.807) is 0 Å². The second kappa shape index (κ2) is 7.40. The molecule has 7 atom stereocenters. The van der Waals surface area contributed by atoms with Crippen LogP contribution >= 0.6 is 0 Å². The standard InChI is InChI=1S/C24H38N2O4/c1-22(2,13-25)30-26-14-7-9-23(3)17-8-10-24(4)16(5-6-19(24)28)20(17)21(29)15(12-27)18(23)11-14/h15-18,20,27H,5-13,25H2,1-4H3/t15-,16+,17+,18?,20+,23-,24+/m1/s1. The molecular weight excluding hydrogens is 380 g/mol. The van der Waals surface area contributed by atoms with Crippen LogP contribution in [0.5, 0.6) is 0 Å². The predicted octanol–water partition coefficient (Wildman–Crippen LogP) is 3.11. The third-order valence-electron chi connectivity index (χ3n) is 9.37. The van der Waals surface area contributed by atoms with Crippen molar-refractivity contribution in [2.75, 3.05) is 13.2 Å². The van der Waals surface area contributed by atoms with Gasteiger partial charge < -0.3 is 15.7 Å². The summed E-state index contributed by atoms with van der Waals surface area (Å²) in [5.74, 6) is 0.595. The molecule has 0 aliphatic heterocycles. The Morgan fingerprint density at radius 3 is 2.53 bits per heavy atom. The van der Waals surface area contributed by atoms with Crippen molar-refractivity contribution in [2.24, 2.45) is 51.3 Å². The van der Waals surface area contributed by atoms with Gasteiger partial charge in [0.15, 0.2) is 0 Å². The van der Waals surface area contributed by atoms with Gasteiger partial charge in [-0.15, -0.1) is 0 Å². The second-order valence-electron chi connectivity index (χ2n) is 11.4. The van der Waals surface area contributed by atoms with Crippen molar-refractivity contribution in [3.05, 3.63) is 0 Å². The van der Waals surface area contributed by atoms with Crippen LogP contribution < -0.4 is 5.73 Å². The normalized spacial score (nSPS) is 45.1. The van der Waals surface area contributed by atoms with Crippen LogP contribution in [0.3, 0.4) is 0 Å². The summed E-state index contributed by atoms with van der Waals surface area (Å²) in [4.78, 5) is 32.0. The lowest BCUT2D eigenvalue weighted by Crippen LogP contribution is -2.61. The van der Waals surface area contributed by atoms with Crippen LogP contribution in [0.1, 0.15) is 72.6 Å². The highest BCUT2D eigenvalue weighted by Gasteiger charge is 2.65. The highest BCUT2D eigenvalue weighted by molar-refractivity contribution is 5.93. The van der Waals surface area contributed by atoms with Crippen LogP contribution in [-0.4, -0.2) is 41.1 Å². The lowest BCUT2D eigenvalue weighted by molar-refractivity contribution is -0.166. The number of carbonyl (C=O) groups is 2. The highest BCUT2D eigenvalue weighted by Crippen LogP contribution is 2.65. The summed E-state index contributed by atoms with van der Waals surface area (Å²) >= 11 is 0. The quantitative estimate of drug-likeness (QED) is 0.683. The molecule has 0 radical (unpaired) electrons. The Labute approximate surface area is 180 Å². The minimum atomic E-state index is -0.513. The Balaban J connectivity index is 1.63. The van der Waals surface area contributed by atoms with E-state index in [-0.39, 0.29) is 46.9 Å². The van der Waals surface area contributed by atoms with E-state index in [2.05, 4.69) is 19.0 Å². The Morgan fingerprint density at radius 1 is 1.13 bits per heavy atom. The van der Waals surface area contributed by atoms with Crippen LogP contribution in [-0.2, 0) is 14.4 Å². The first-order valence-electron chi connectivity index (χ1n) is 11.7. The van der Waals surface area contributed by atoms with Crippen molar-refractivity contribution in [2.45, 2.75) is 78.2 Å². The molecule has 4 rings (SSSR count). The van der Waals surface area contributed by atoms with Crippen LogP contribution in [0.15, 0.2) is 5.16 Å². The molecule has 4 aliphatic carbocycles. The SMILES string of the molecule is CC(C)(CN)ON=C1CC[C@@]2(C)C(C1)[C@@H](CO)C(=O)[C@@H]1[C@@H]2CC[C@]2(C)C(=O)CC[C@@H]12. The summed E-state index contributed by atoms with van der Waals surface area (Å²) in [6.07, 6.45) is 5.76. The van der Waals surface area contributed by atoms with E-state index in [4.69, 9.17) is 10.6 Å². The first kappa shape index (κ1) is 21.9. The number of aliphatic hydroxyl groups is 1. The number of nitrogens with zero attached hydrogens (tertiary/aromatic N) is 1. The minimum Gasteiger partial charge on any atom is -0.396 e. The fourth-order valence-electron chi connectivity index (χ4n) is 7.27. The van der Waals surface area contributed by atoms with Gasteiger partial charge >= 0.3 is 0 Å². The first-order valence-corrected chi connectivity index (χ1v) is 11.7. The van der Waals surface area contributed by atoms with Crippen LogP contribution in [0.25, 0.3) is 0 Å². The van der Waals surface area contributed by atoms with Gasteiger partial charge in [-0.3, -0.25) is 9.59 Å². The van der Waals surface area contributed by atoms with Gasteiger partial charge in [0.25, 0.3) is 0 Å². The van der Waals surface area contributed by atoms with Gasteiger partial charge in [0.2, 0.25) is 0 Å². The average Bonchev–Trinajstić information content (AvgIpc) is 3.02. The van der Waals surface area contributed by atoms with E-state index >= 15 is 0 Å². The summed E-state index contributed by atoms with van der Waals surface area (Å²) in [5.41, 5.74) is 5.85. The van der Waals surface area contributed by atoms with Crippen molar-refractivity contribution >= 4 is 17.3 Å². The molecule has 0 aromatic rings. The summed E-state index contributed by atoms with van der Waals surface area (Å²) in [6.45, 7) is 8.49. The zero-order chi connectivity index (χ0) is 21.9. The maximum Gasteiger partial charge on any atom is 0.144 e. The zero-order valence-electron chi connectivity index (χ0n) is 18.9. The fourth-order valence-corrected chi connectivity index (χ4v) is 7.27. The van der Waals surface area contributed by atoms with Gasteiger partial charge in [-0.25, -0.2) is 0 Å². The van der Waals surface area contributed by atoms with E-state index in [0.29, 0.717) is 31.1 Å². The van der Waals surface area contributed by atoms with Crippen molar-refractivity contribution in [3.8, 4) is 0 Å². The van der Waals surface area contributed by atoms with E-state index in [1.807, 2.05) is 13.8 Å². The van der Waals surface area contributed by atoms with Crippen molar-refractivity contribution in [3.63, 3.8) is 0 Å². The number of ketones is 2. The minimum absolute atomic E-state index is 0.0126. The lowest BCUT2D eigenvalue weighted by atomic mass is 9.43. The number of nitrogens with two attached hydrogens (primary N) is 1. The molecule has 0 spiro atoms. The first-order chi connectivity index (χ1) is 14.1. The van der Waals surface area contributed by atoms with E-state index in [9.17, 15) is 14.7 Å². The molecule has 1 unspecified atom stereocenters. The van der Waals surface area contributed by atoms with Crippen molar-refractivity contribution in [1.82, 2.24) is 0 Å².